The number of carbonyl (C=O) groups excluding carboxylic acids is 4. The van der Waals surface area contributed by atoms with Crippen LogP contribution in [0.25, 0.3) is 0 Å². The molecule has 0 aliphatic carbocycles. The van der Waals surface area contributed by atoms with E-state index in [4.69, 9.17) is 9.76 Å². The lowest BCUT2D eigenvalue weighted by Crippen LogP contribution is -2.32. The van der Waals surface area contributed by atoms with Crippen LogP contribution < -0.4 is 5.32 Å². The average Bonchev–Trinajstić information content (AvgIpc) is 2.77. The van der Waals surface area contributed by atoms with Crippen molar-refractivity contribution < 1.29 is 37.4 Å². The fourth-order valence-corrected chi connectivity index (χ4v) is 2.04. The predicted octanol–water partition coefficient (Wildman–Crippen LogP) is -2.19. The molecule has 0 radical (unpaired) electrons. The first kappa shape index (κ1) is 15.2. The number of hydrogen-bond donors (Lipinski definition) is 3. The second kappa shape index (κ2) is 5.42. The van der Waals surface area contributed by atoms with Crippen LogP contribution in [0.3, 0.4) is 0 Å². The fraction of sp³-hybridized carbons (Fsp3) is 0.500. The molecule has 0 spiro atoms. The monoisotopic (exact) mass is 294 g/mol. The van der Waals surface area contributed by atoms with Crippen molar-refractivity contribution in [1.82, 2.24) is 10.4 Å². The highest BCUT2D eigenvalue weighted by molar-refractivity contribution is 7.87. The highest BCUT2D eigenvalue weighted by Gasteiger charge is 2.45. The molecule has 2 saturated heterocycles. The van der Waals surface area contributed by atoms with Crippen molar-refractivity contribution in [2.24, 2.45) is 0 Å². The summed E-state index contributed by atoms with van der Waals surface area (Å²) in [6.45, 7) is 0. The molecule has 0 aromatic carbocycles. The van der Waals surface area contributed by atoms with Crippen molar-refractivity contribution in [2.75, 3.05) is 0 Å². The van der Waals surface area contributed by atoms with Gasteiger partial charge in [-0.15, -0.1) is 0 Å². The maximum absolute atomic E-state index is 10.7. The molecule has 0 aromatic heterocycles. The van der Waals surface area contributed by atoms with E-state index in [-0.39, 0.29) is 16.9 Å². The lowest BCUT2D eigenvalue weighted by atomic mass is 10.4. The summed E-state index contributed by atoms with van der Waals surface area (Å²) in [6, 6.07) is 0. The molecular formula is C8H10N2O8S. The van der Waals surface area contributed by atoms with Crippen LogP contribution in [0.2, 0.25) is 0 Å². The Morgan fingerprint density at radius 1 is 1.11 bits per heavy atom. The molecule has 1 atom stereocenters. The van der Waals surface area contributed by atoms with E-state index in [1.807, 2.05) is 0 Å². The molecule has 11 heteroatoms. The number of amides is 4. The number of rotatable bonds is 1. The van der Waals surface area contributed by atoms with Crippen LogP contribution in [0.15, 0.2) is 0 Å². The SMILES string of the molecule is O=C1CC(S(=O)(=O)O)C(=O)N1O.O=C1CCC(=O)N1. The van der Waals surface area contributed by atoms with Gasteiger partial charge in [-0.3, -0.25) is 34.3 Å². The Bertz CT molecular complexity index is 525. The van der Waals surface area contributed by atoms with Gasteiger partial charge in [-0.05, 0) is 0 Å². The number of imide groups is 2. The Morgan fingerprint density at radius 2 is 1.58 bits per heavy atom. The van der Waals surface area contributed by atoms with Gasteiger partial charge in [-0.25, -0.2) is 0 Å². The van der Waals surface area contributed by atoms with Gasteiger partial charge in [-0.2, -0.15) is 13.5 Å². The summed E-state index contributed by atoms with van der Waals surface area (Å²) < 4.78 is 29.1. The van der Waals surface area contributed by atoms with Crippen molar-refractivity contribution >= 4 is 33.7 Å². The van der Waals surface area contributed by atoms with Crippen LogP contribution in [0.1, 0.15) is 19.3 Å². The predicted molar refractivity (Wildman–Crippen MR) is 56.0 cm³/mol. The Morgan fingerprint density at radius 3 is 1.74 bits per heavy atom. The molecule has 1 unspecified atom stereocenters. The first-order chi connectivity index (χ1) is 8.62. The van der Waals surface area contributed by atoms with Gasteiger partial charge in [0.2, 0.25) is 11.8 Å². The number of carbonyl (C=O) groups is 4. The van der Waals surface area contributed by atoms with Crippen LogP contribution in [0.5, 0.6) is 0 Å². The Labute approximate surface area is 107 Å². The highest BCUT2D eigenvalue weighted by atomic mass is 32.2. The smallest absolute Gasteiger partial charge is 0.277 e. The minimum atomic E-state index is -4.59. The summed E-state index contributed by atoms with van der Waals surface area (Å²) in [4.78, 5) is 41.4. The van der Waals surface area contributed by atoms with E-state index in [2.05, 4.69) is 5.32 Å². The van der Waals surface area contributed by atoms with Gasteiger partial charge in [0.15, 0.2) is 5.25 Å². The zero-order valence-electron chi connectivity index (χ0n) is 9.40. The summed E-state index contributed by atoms with van der Waals surface area (Å²) in [6.07, 6.45) is 0.0336. The Hall–Kier alpha value is -1.85. The maximum Gasteiger partial charge on any atom is 0.277 e. The van der Waals surface area contributed by atoms with E-state index in [0.29, 0.717) is 12.8 Å². The molecule has 10 nitrogen and oxygen atoms in total. The van der Waals surface area contributed by atoms with Crippen LogP contribution in [-0.2, 0) is 29.3 Å². The molecule has 3 N–H and O–H groups in total. The molecule has 2 heterocycles. The minimum absolute atomic E-state index is 0.148. The third kappa shape index (κ3) is 3.81. The van der Waals surface area contributed by atoms with Gasteiger partial charge in [0, 0.05) is 12.8 Å². The highest BCUT2D eigenvalue weighted by Crippen LogP contribution is 2.16. The van der Waals surface area contributed by atoms with Crippen LogP contribution >= 0.6 is 0 Å². The van der Waals surface area contributed by atoms with Gasteiger partial charge in [0.25, 0.3) is 21.9 Å². The van der Waals surface area contributed by atoms with Crippen LogP contribution in [0.4, 0.5) is 0 Å². The van der Waals surface area contributed by atoms with Crippen LogP contribution in [-0.4, -0.2) is 52.1 Å². The third-order valence-corrected chi connectivity index (χ3v) is 3.39. The van der Waals surface area contributed by atoms with Gasteiger partial charge in [-0.1, -0.05) is 0 Å². The molecule has 0 aromatic rings. The fourth-order valence-electron chi connectivity index (χ4n) is 1.33. The van der Waals surface area contributed by atoms with E-state index < -0.39 is 33.6 Å². The zero-order chi connectivity index (χ0) is 14.8. The Balaban J connectivity index is 0.000000218. The van der Waals surface area contributed by atoms with E-state index in [1.54, 1.807) is 0 Å². The van der Waals surface area contributed by atoms with Crippen LogP contribution in [0, 0.1) is 0 Å². The number of nitrogens with one attached hydrogen (secondary N) is 1. The maximum atomic E-state index is 10.7. The first-order valence-corrected chi connectivity index (χ1v) is 6.48. The summed E-state index contributed by atoms with van der Waals surface area (Å²) in [5.41, 5.74) is 0. The number of hydrogen-bond acceptors (Lipinski definition) is 7. The normalized spacial score (nSPS) is 23.3. The standard InChI is InChI=1S/C4H5NO6S.C4H5NO2/c6-3-1-2(12(9,10)11)4(7)5(3)8;6-3-1-2-4(7)5-3/h2,8H,1H2,(H,9,10,11);1-2H2,(H,5,6,7). The average molecular weight is 294 g/mol. The Kier molecular flexibility index (Phi) is 4.34. The minimum Gasteiger partial charge on any atom is -0.296 e. The lowest BCUT2D eigenvalue weighted by molar-refractivity contribution is -0.171. The van der Waals surface area contributed by atoms with Gasteiger partial charge >= 0.3 is 0 Å². The summed E-state index contributed by atoms with van der Waals surface area (Å²) in [5, 5.41) is 8.54. The second-order valence-electron chi connectivity index (χ2n) is 3.72. The molecule has 2 fully saturated rings. The number of nitrogens with zero attached hydrogens (tertiary/aromatic N) is 1. The number of hydroxylamine groups is 2. The molecule has 106 valence electrons. The van der Waals surface area contributed by atoms with E-state index in [1.165, 1.54) is 0 Å². The topological polar surface area (TPSA) is 158 Å². The van der Waals surface area contributed by atoms with E-state index >= 15 is 0 Å². The van der Waals surface area contributed by atoms with Crippen molar-refractivity contribution in [3.8, 4) is 0 Å². The summed E-state index contributed by atoms with van der Waals surface area (Å²) >= 11 is 0. The third-order valence-electron chi connectivity index (χ3n) is 2.30. The zero-order valence-corrected chi connectivity index (χ0v) is 10.2. The quantitative estimate of drug-likeness (QED) is 0.279. The van der Waals surface area contributed by atoms with Gasteiger partial charge in [0.1, 0.15) is 0 Å². The van der Waals surface area contributed by atoms with E-state index in [0.717, 1.165) is 0 Å². The molecule has 2 aliphatic heterocycles. The van der Waals surface area contributed by atoms with Crippen molar-refractivity contribution in [3.05, 3.63) is 0 Å². The molecule has 19 heavy (non-hydrogen) atoms. The first-order valence-electron chi connectivity index (χ1n) is 4.97. The second-order valence-corrected chi connectivity index (χ2v) is 5.32. The lowest BCUT2D eigenvalue weighted by Gasteiger charge is -2.02. The van der Waals surface area contributed by atoms with Crippen molar-refractivity contribution in [3.63, 3.8) is 0 Å². The van der Waals surface area contributed by atoms with Gasteiger partial charge in [0.05, 0.1) is 6.42 Å². The van der Waals surface area contributed by atoms with Crippen molar-refractivity contribution in [1.29, 1.82) is 0 Å². The largest absolute Gasteiger partial charge is 0.296 e. The van der Waals surface area contributed by atoms with Gasteiger partial charge < -0.3 is 0 Å². The summed E-state index contributed by atoms with van der Waals surface area (Å²) in [7, 11) is -4.59. The van der Waals surface area contributed by atoms with Crippen molar-refractivity contribution in [2.45, 2.75) is 24.5 Å². The molecular weight excluding hydrogens is 284 g/mol. The molecule has 0 bridgehead atoms. The molecule has 2 rings (SSSR count). The van der Waals surface area contributed by atoms with E-state index in [9.17, 15) is 27.6 Å². The summed E-state index contributed by atoms with van der Waals surface area (Å²) in [5.74, 6) is -2.65. The molecule has 4 amide bonds. The molecule has 0 saturated carbocycles. The molecule has 2 aliphatic rings.